The third-order valence-electron chi connectivity index (χ3n) is 3.16. The van der Waals surface area contributed by atoms with Crippen LogP contribution in [0.1, 0.15) is 33.1 Å². The summed E-state index contributed by atoms with van der Waals surface area (Å²) >= 11 is 0. The Morgan fingerprint density at radius 1 is 1.08 bits per heavy atom. The molecule has 0 saturated heterocycles. The van der Waals surface area contributed by atoms with Crippen LogP contribution in [0.25, 0.3) is 0 Å². The molecule has 0 unspecified atom stereocenters. The van der Waals surface area contributed by atoms with E-state index in [4.69, 9.17) is 5.11 Å². The molecule has 2 aliphatic carbocycles. The van der Waals surface area contributed by atoms with Crippen LogP contribution in [-0.4, -0.2) is 38.4 Å². The number of aliphatic hydroxyl groups is 1. The highest BCUT2D eigenvalue weighted by Crippen LogP contribution is 2.16. The van der Waals surface area contributed by atoms with Crippen molar-refractivity contribution in [3.05, 3.63) is 59.8 Å². The van der Waals surface area contributed by atoms with Gasteiger partial charge in [-0.05, 0) is 24.8 Å². The molecule has 1 N–H and O–H groups in total. The van der Waals surface area contributed by atoms with Gasteiger partial charge in [-0.25, -0.2) is 4.79 Å². The molecule has 0 aromatic rings. The standard InChI is InChI=1S/C9H12O2.C9H10O2.CH4O.CH4/c2*1-11-9(10)7-6-8-4-2-3-5-8;1-2;/h2-4H,5-7H2,1H3;2-4,6-7H,5H2,1H3;2H,1H3;1H4/b;7-6+;;. The van der Waals surface area contributed by atoms with E-state index in [1.807, 2.05) is 24.3 Å². The van der Waals surface area contributed by atoms with E-state index in [0.29, 0.717) is 6.42 Å². The minimum absolute atomic E-state index is 0. The van der Waals surface area contributed by atoms with Crippen molar-refractivity contribution in [2.75, 3.05) is 21.3 Å². The maximum absolute atomic E-state index is 10.7. The van der Waals surface area contributed by atoms with Gasteiger partial charge in [-0.15, -0.1) is 0 Å². The highest BCUT2D eigenvalue weighted by molar-refractivity contribution is 5.82. The van der Waals surface area contributed by atoms with Crippen LogP contribution in [0.15, 0.2) is 59.8 Å². The number of aliphatic hydroxyl groups excluding tert-OH is 1. The molecule has 0 aromatic heterocycles. The molecule has 0 atom stereocenters. The molecule has 0 fully saturated rings. The fourth-order valence-corrected chi connectivity index (χ4v) is 1.87. The number of allylic oxidation sites excluding steroid dienone is 9. The van der Waals surface area contributed by atoms with Crippen LogP contribution in [0.2, 0.25) is 0 Å². The Hall–Kier alpha value is -2.40. The predicted molar refractivity (Wildman–Crippen MR) is 101 cm³/mol. The summed E-state index contributed by atoms with van der Waals surface area (Å²) in [5, 5.41) is 7.00. The second-order valence-electron chi connectivity index (χ2n) is 4.76. The van der Waals surface area contributed by atoms with E-state index in [9.17, 15) is 9.59 Å². The third kappa shape index (κ3) is 12.7. The topological polar surface area (TPSA) is 72.8 Å². The molecular formula is C20H30O5. The number of hydrogen-bond acceptors (Lipinski definition) is 5. The van der Waals surface area contributed by atoms with Gasteiger partial charge in [-0.3, -0.25) is 4.79 Å². The van der Waals surface area contributed by atoms with Crippen LogP contribution in [0.5, 0.6) is 0 Å². The fraction of sp³-hybridized carbons (Fsp3) is 0.400. The highest BCUT2D eigenvalue weighted by Gasteiger charge is 2.03. The minimum Gasteiger partial charge on any atom is -0.469 e. The lowest BCUT2D eigenvalue weighted by molar-refractivity contribution is -0.140. The molecule has 0 aromatic carbocycles. The number of ether oxygens (including phenoxy) is 2. The molecule has 0 amide bonds. The van der Waals surface area contributed by atoms with Crippen molar-refractivity contribution in [2.45, 2.75) is 33.1 Å². The summed E-state index contributed by atoms with van der Waals surface area (Å²) in [6.07, 6.45) is 18.6. The average Bonchev–Trinajstić information content (AvgIpc) is 3.33. The van der Waals surface area contributed by atoms with Gasteiger partial charge in [-0.2, -0.15) is 0 Å². The molecule has 0 bridgehead atoms. The van der Waals surface area contributed by atoms with Crippen molar-refractivity contribution < 1.29 is 24.2 Å². The fourth-order valence-electron chi connectivity index (χ4n) is 1.87. The van der Waals surface area contributed by atoms with Gasteiger partial charge in [0.2, 0.25) is 0 Å². The second kappa shape index (κ2) is 16.5. The second-order valence-corrected chi connectivity index (χ2v) is 4.76. The molecule has 2 aliphatic rings. The largest absolute Gasteiger partial charge is 0.469 e. The van der Waals surface area contributed by atoms with Crippen molar-refractivity contribution in [1.82, 2.24) is 0 Å². The van der Waals surface area contributed by atoms with Crippen LogP contribution < -0.4 is 0 Å². The summed E-state index contributed by atoms with van der Waals surface area (Å²) in [5.41, 5.74) is 2.45. The average molecular weight is 350 g/mol. The SMILES string of the molecule is C.CO.COC(=O)/C=C/C1=CC=CC1.COC(=O)CCC1=CC=CC1. The van der Waals surface area contributed by atoms with Crippen molar-refractivity contribution >= 4 is 11.9 Å². The van der Waals surface area contributed by atoms with Crippen molar-refractivity contribution in [2.24, 2.45) is 0 Å². The smallest absolute Gasteiger partial charge is 0.330 e. The zero-order chi connectivity index (χ0) is 18.2. The number of carbonyl (C=O) groups is 2. The molecule has 0 aliphatic heterocycles. The van der Waals surface area contributed by atoms with Gasteiger partial charge < -0.3 is 14.6 Å². The molecular weight excluding hydrogens is 320 g/mol. The van der Waals surface area contributed by atoms with Gasteiger partial charge in [0, 0.05) is 19.6 Å². The summed E-state index contributed by atoms with van der Waals surface area (Å²) < 4.78 is 8.96. The summed E-state index contributed by atoms with van der Waals surface area (Å²) in [7, 11) is 3.79. The van der Waals surface area contributed by atoms with E-state index >= 15 is 0 Å². The molecule has 5 nitrogen and oxygen atoms in total. The molecule has 0 heterocycles. The first-order chi connectivity index (χ1) is 11.7. The minimum atomic E-state index is -0.308. The van der Waals surface area contributed by atoms with Crippen LogP contribution in [0.3, 0.4) is 0 Å². The molecule has 0 saturated carbocycles. The Morgan fingerprint density at radius 3 is 2.20 bits per heavy atom. The van der Waals surface area contributed by atoms with E-state index in [0.717, 1.165) is 31.9 Å². The van der Waals surface area contributed by atoms with Crippen molar-refractivity contribution in [3.8, 4) is 0 Å². The normalized spacial score (nSPS) is 13.6. The maximum Gasteiger partial charge on any atom is 0.330 e. The maximum atomic E-state index is 10.7. The van der Waals surface area contributed by atoms with Gasteiger partial charge >= 0.3 is 11.9 Å². The summed E-state index contributed by atoms with van der Waals surface area (Å²) in [4.78, 5) is 21.3. The summed E-state index contributed by atoms with van der Waals surface area (Å²) in [6.45, 7) is 0. The van der Waals surface area contributed by atoms with Crippen molar-refractivity contribution in [1.29, 1.82) is 0 Å². The number of hydrogen-bond donors (Lipinski definition) is 1. The molecule has 5 heteroatoms. The zero-order valence-corrected chi connectivity index (χ0v) is 14.5. The van der Waals surface area contributed by atoms with Gasteiger partial charge in [0.1, 0.15) is 0 Å². The monoisotopic (exact) mass is 350 g/mol. The number of carbonyl (C=O) groups excluding carboxylic acids is 2. The van der Waals surface area contributed by atoms with Crippen LogP contribution in [0.4, 0.5) is 0 Å². The van der Waals surface area contributed by atoms with E-state index in [2.05, 4.69) is 21.6 Å². The lowest BCUT2D eigenvalue weighted by atomic mass is 10.1. The Bertz CT molecular complexity index is 536. The number of rotatable bonds is 5. The zero-order valence-electron chi connectivity index (χ0n) is 14.5. The Morgan fingerprint density at radius 2 is 1.72 bits per heavy atom. The third-order valence-corrected chi connectivity index (χ3v) is 3.16. The number of methoxy groups -OCH3 is 2. The first kappa shape index (κ1) is 24.8. The Labute approximate surface area is 151 Å². The van der Waals surface area contributed by atoms with Gasteiger partial charge in [0.15, 0.2) is 0 Å². The van der Waals surface area contributed by atoms with E-state index < -0.39 is 0 Å². The number of esters is 2. The summed E-state index contributed by atoms with van der Waals surface area (Å²) in [6, 6.07) is 0. The van der Waals surface area contributed by atoms with E-state index in [1.54, 1.807) is 6.08 Å². The van der Waals surface area contributed by atoms with Gasteiger partial charge in [0.25, 0.3) is 0 Å². The summed E-state index contributed by atoms with van der Waals surface area (Å²) in [5.74, 6) is -0.435. The van der Waals surface area contributed by atoms with Crippen molar-refractivity contribution in [3.63, 3.8) is 0 Å². The molecule has 0 spiro atoms. The Balaban J connectivity index is 0. The van der Waals surface area contributed by atoms with Crippen LogP contribution in [-0.2, 0) is 19.1 Å². The van der Waals surface area contributed by atoms with Crippen LogP contribution in [0, 0.1) is 0 Å². The first-order valence-corrected chi connectivity index (χ1v) is 7.63. The Kier molecular flexibility index (Phi) is 16.4. The molecule has 2 rings (SSSR count). The lowest BCUT2D eigenvalue weighted by Crippen LogP contribution is -1.99. The quantitative estimate of drug-likeness (QED) is 0.605. The molecule has 25 heavy (non-hydrogen) atoms. The van der Waals surface area contributed by atoms with E-state index in [1.165, 1.54) is 25.9 Å². The van der Waals surface area contributed by atoms with Gasteiger partial charge in [0.05, 0.1) is 14.2 Å². The molecule has 140 valence electrons. The predicted octanol–water partition coefficient (Wildman–Crippen LogP) is 3.67. The first-order valence-electron chi connectivity index (χ1n) is 7.63. The van der Waals surface area contributed by atoms with E-state index in [-0.39, 0.29) is 19.4 Å². The van der Waals surface area contributed by atoms with Crippen LogP contribution >= 0.6 is 0 Å². The highest BCUT2D eigenvalue weighted by atomic mass is 16.5. The van der Waals surface area contributed by atoms with Gasteiger partial charge in [-0.1, -0.05) is 55.5 Å². The molecule has 0 radical (unpaired) electrons. The lowest BCUT2D eigenvalue weighted by Gasteiger charge is -1.99.